The molecule has 1 heterocycles. The average molecular weight is 442 g/mol. The minimum absolute atomic E-state index is 0.0115. The molecule has 1 unspecified atom stereocenters. The smallest absolute Gasteiger partial charge is 0.295 e. The lowest BCUT2D eigenvalue weighted by atomic mass is 9.95. The fourth-order valence-electron chi connectivity index (χ4n) is 3.77. The van der Waals surface area contributed by atoms with E-state index in [2.05, 4.69) is 0 Å². The number of hydrogen-bond donors (Lipinski definition) is 1. The Hall–Kier alpha value is -3.39. The normalized spacial score (nSPS) is 17.8. The van der Waals surface area contributed by atoms with E-state index in [1.54, 1.807) is 31.4 Å². The molecule has 1 atom stereocenters. The molecule has 1 aliphatic heterocycles. The molecule has 0 spiro atoms. The summed E-state index contributed by atoms with van der Waals surface area (Å²) in [5, 5.41) is 11.0. The van der Waals surface area contributed by atoms with Gasteiger partial charge < -0.3 is 24.4 Å². The van der Waals surface area contributed by atoms with Crippen LogP contribution in [0.3, 0.4) is 0 Å². The fraction of sp³-hybridized carbons (Fsp3) is 0.333. The summed E-state index contributed by atoms with van der Waals surface area (Å²) in [6, 6.07) is 10.0. The Kier molecular flexibility index (Phi) is 7.15. The number of ketones is 1. The van der Waals surface area contributed by atoms with Crippen LogP contribution in [0.5, 0.6) is 11.5 Å². The van der Waals surface area contributed by atoms with Crippen LogP contribution in [-0.4, -0.2) is 68.0 Å². The van der Waals surface area contributed by atoms with E-state index in [4.69, 9.17) is 9.47 Å². The van der Waals surface area contributed by atoms with Crippen molar-refractivity contribution in [2.45, 2.75) is 12.5 Å². The summed E-state index contributed by atoms with van der Waals surface area (Å²) in [5.74, 6) is -1.98. The first-order valence-electron chi connectivity index (χ1n) is 10.2. The molecular weight excluding hydrogens is 415 g/mol. The summed E-state index contributed by atoms with van der Waals surface area (Å²) >= 11 is 0. The van der Waals surface area contributed by atoms with Crippen molar-refractivity contribution in [3.8, 4) is 11.5 Å². The number of aliphatic hydroxyl groups excluding tert-OH is 1. The summed E-state index contributed by atoms with van der Waals surface area (Å²) in [5.41, 5.74) is 0.660. The Balaban J connectivity index is 2.10. The molecule has 2 aromatic carbocycles. The lowest BCUT2D eigenvalue weighted by molar-refractivity contribution is -0.139. The van der Waals surface area contributed by atoms with E-state index in [1.807, 2.05) is 19.0 Å². The number of halogens is 1. The van der Waals surface area contributed by atoms with E-state index in [-0.39, 0.29) is 16.9 Å². The van der Waals surface area contributed by atoms with Gasteiger partial charge in [0.1, 0.15) is 11.5 Å². The first kappa shape index (κ1) is 23.3. The molecule has 3 rings (SSSR count). The molecule has 0 aliphatic carbocycles. The van der Waals surface area contributed by atoms with Crippen molar-refractivity contribution in [2.75, 3.05) is 41.4 Å². The molecule has 0 radical (unpaired) electrons. The van der Waals surface area contributed by atoms with Crippen LogP contribution in [0.15, 0.2) is 48.0 Å². The van der Waals surface area contributed by atoms with Crippen molar-refractivity contribution in [2.24, 2.45) is 0 Å². The highest BCUT2D eigenvalue weighted by atomic mass is 19.1. The summed E-state index contributed by atoms with van der Waals surface area (Å²) < 4.78 is 24.4. The topological polar surface area (TPSA) is 79.3 Å². The van der Waals surface area contributed by atoms with Crippen LogP contribution in [0, 0.1) is 5.82 Å². The Morgan fingerprint density at radius 2 is 1.78 bits per heavy atom. The van der Waals surface area contributed by atoms with E-state index in [0.717, 1.165) is 12.6 Å². The zero-order chi connectivity index (χ0) is 23.4. The number of aliphatic hydroxyl groups is 1. The highest BCUT2D eigenvalue weighted by molar-refractivity contribution is 6.46. The predicted molar refractivity (Wildman–Crippen MR) is 118 cm³/mol. The minimum atomic E-state index is -0.801. The van der Waals surface area contributed by atoms with Gasteiger partial charge in [0, 0.05) is 12.1 Å². The van der Waals surface area contributed by atoms with Crippen molar-refractivity contribution >= 4 is 17.4 Å². The molecule has 8 heteroatoms. The third kappa shape index (κ3) is 4.60. The molecule has 32 heavy (non-hydrogen) atoms. The van der Waals surface area contributed by atoms with Crippen molar-refractivity contribution < 1.29 is 28.6 Å². The van der Waals surface area contributed by atoms with Crippen LogP contribution in [0.4, 0.5) is 4.39 Å². The van der Waals surface area contributed by atoms with Gasteiger partial charge in [0.2, 0.25) is 0 Å². The van der Waals surface area contributed by atoms with Gasteiger partial charge in [-0.2, -0.15) is 0 Å². The predicted octanol–water partition coefficient (Wildman–Crippen LogP) is 3.22. The van der Waals surface area contributed by atoms with Crippen LogP contribution < -0.4 is 9.47 Å². The molecule has 170 valence electrons. The van der Waals surface area contributed by atoms with E-state index in [9.17, 15) is 19.1 Å². The van der Waals surface area contributed by atoms with E-state index in [0.29, 0.717) is 24.3 Å². The van der Waals surface area contributed by atoms with E-state index in [1.165, 1.54) is 24.1 Å². The van der Waals surface area contributed by atoms with Crippen molar-refractivity contribution in [1.82, 2.24) is 9.80 Å². The summed E-state index contributed by atoms with van der Waals surface area (Å²) in [6.45, 7) is 1.05. The molecule has 1 fully saturated rings. The van der Waals surface area contributed by atoms with Gasteiger partial charge in [-0.05, 0) is 63.0 Å². The Morgan fingerprint density at radius 3 is 2.34 bits per heavy atom. The number of carbonyl (C=O) groups excluding carboxylic acids is 2. The van der Waals surface area contributed by atoms with E-state index < -0.39 is 29.3 Å². The molecule has 0 bridgehead atoms. The second kappa shape index (κ2) is 9.82. The zero-order valence-electron chi connectivity index (χ0n) is 18.6. The van der Waals surface area contributed by atoms with Gasteiger partial charge in [-0.1, -0.05) is 12.1 Å². The molecule has 2 aromatic rings. The largest absolute Gasteiger partial charge is 0.507 e. The lowest BCUT2D eigenvalue weighted by Crippen LogP contribution is -2.32. The minimum Gasteiger partial charge on any atom is -0.507 e. The van der Waals surface area contributed by atoms with Gasteiger partial charge >= 0.3 is 0 Å². The Morgan fingerprint density at radius 1 is 1.09 bits per heavy atom. The van der Waals surface area contributed by atoms with Gasteiger partial charge in [0.15, 0.2) is 11.6 Å². The number of hydrogen-bond acceptors (Lipinski definition) is 6. The maximum Gasteiger partial charge on any atom is 0.295 e. The third-order valence-electron chi connectivity index (χ3n) is 5.40. The molecule has 1 amide bonds. The number of likely N-dealkylation sites (tertiary alicyclic amines) is 1. The monoisotopic (exact) mass is 442 g/mol. The summed E-state index contributed by atoms with van der Waals surface area (Å²) in [4.78, 5) is 29.3. The second-order valence-electron chi connectivity index (χ2n) is 7.77. The van der Waals surface area contributed by atoms with Crippen LogP contribution >= 0.6 is 0 Å². The third-order valence-corrected chi connectivity index (χ3v) is 5.40. The maximum atomic E-state index is 14.3. The van der Waals surface area contributed by atoms with Gasteiger partial charge in [-0.25, -0.2) is 4.39 Å². The number of ether oxygens (including phenoxy) is 2. The number of carbonyl (C=O) groups is 2. The molecular formula is C24H27FN2O5. The van der Waals surface area contributed by atoms with E-state index >= 15 is 0 Å². The quantitative estimate of drug-likeness (QED) is 0.384. The molecule has 1 saturated heterocycles. The lowest BCUT2D eigenvalue weighted by Gasteiger charge is -2.26. The first-order valence-corrected chi connectivity index (χ1v) is 10.2. The molecule has 0 saturated carbocycles. The summed E-state index contributed by atoms with van der Waals surface area (Å²) in [7, 11) is 6.72. The Labute approximate surface area is 186 Å². The maximum absolute atomic E-state index is 14.3. The number of rotatable bonds is 8. The molecule has 1 aliphatic rings. The number of nitrogens with zero attached hydrogens (tertiary/aromatic N) is 2. The fourth-order valence-corrected chi connectivity index (χ4v) is 3.77. The van der Waals surface area contributed by atoms with Gasteiger partial charge in [0.25, 0.3) is 11.7 Å². The highest BCUT2D eigenvalue weighted by Crippen LogP contribution is 2.40. The van der Waals surface area contributed by atoms with Crippen molar-refractivity contribution in [1.29, 1.82) is 0 Å². The SMILES string of the molecule is COc1ccc(C2/C(=C(/O)c3ccc(OC)c(F)c3)C(=O)C(=O)N2CCCN(C)C)cc1. The van der Waals surface area contributed by atoms with Gasteiger partial charge in [-0.3, -0.25) is 9.59 Å². The highest BCUT2D eigenvalue weighted by Gasteiger charge is 2.45. The average Bonchev–Trinajstić information content (AvgIpc) is 3.03. The van der Waals surface area contributed by atoms with Crippen LogP contribution in [-0.2, 0) is 9.59 Å². The van der Waals surface area contributed by atoms with Gasteiger partial charge in [-0.15, -0.1) is 0 Å². The van der Waals surface area contributed by atoms with Crippen LogP contribution in [0.25, 0.3) is 5.76 Å². The number of Topliss-reactive ketones (excluding diaryl/α,β-unsaturated/α-hetero) is 1. The second-order valence-corrected chi connectivity index (χ2v) is 7.77. The van der Waals surface area contributed by atoms with Crippen LogP contribution in [0.1, 0.15) is 23.6 Å². The molecule has 1 N–H and O–H groups in total. The van der Waals surface area contributed by atoms with Crippen LogP contribution in [0.2, 0.25) is 0 Å². The summed E-state index contributed by atoms with van der Waals surface area (Å²) in [6.07, 6.45) is 0.643. The Bertz CT molecular complexity index is 1030. The molecule has 7 nitrogen and oxygen atoms in total. The standard InChI is InChI=1S/C24H27FN2O5/c1-26(2)12-5-13-27-21(15-6-9-17(31-3)10-7-15)20(23(29)24(27)30)22(28)16-8-11-19(32-4)18(25)14-16/h6-11,14,21,28H,5,12-13H2,1-4H3/b22-20-. The number of methoxy groups -OCH3 is 2. The number of benzene rings is 2. The van der Waals surface area contributed by atoms with Crippen molar-refractivity contribution in [3.05, 3.63) is 65.0 Å². The molecule has 0 aromatic heterocycles. The first-order chi connectivity index (χ1) is 15.3. The number of amides is 1. The van der Waals surface area contributed by atoms with Crippen molar-refractivity contribution in [3.63, 3.8) is 0 Å². The van der Waals surface area contributed by atoms with Gasteiger partial charge in [0.05, 0.1) is 25.8 Å². The zero-order valence-corrected chi connectivity index (χ0v) is 18.6.